The van der Waals surface area contributed by atoms with Gasteiger partial charge in [0.15, 0.2) is 0 Å². The van der Waals surface area contributed by atoms with Crippen molar-refractivity contribution < 1.29 is 4.79 Å². The van der Waals surface area contributed by atoms with Gasteiger partial charge in [-0.15, -0.1) is 11.3 Å². The molecule has 1 N–H and O–H groups in total. The SMILES string of the molecule is CC(NCc1cc(-c2ccccc2)cs1)C(=O)N(C)C. The Balaban J connectivity index is 1.95. The summed E-state index contributed by atoms with van der Waals surface area (Å²) in [6, 6.07) is 12.3. The smallest absolute Gasteiger partial charge is 0.238 e. The fourth-order valence-electron chi connectivity index (χ4n) is 1.98. The summed E-state index contributed by atoms with van der Waals surface area (Å²) in [4.78, 5) is 14.6. The molecule has 2 aromatic rings. The molecule has 106 valence electrons. The summed E-state index contributed by atoms with van der Waals surface area (Å²) in [5.74, 6) is 0.102. The van der Waals surface area contributed by atoms with Crippen LogP contribution in [0, 0.1) is 0 Å². The minimum absolute atomic E-state index is 0.102. The fraction of sp³-hybridized carbons (Fsp3) is 0.312. The predicted molar refractivity (Wildman–Crippen MR) is 84.8 cm³/mol. The van der Waals surface area contributed by atoms with Crippen LogP contribution in [-0.2, 0) is 11.3 Å². The Kier molecular flexibility index (Phi) is 4.93. The number of nitrogens with zero attached hydrogens (tertiary/aromatic N) is 1. The number of amides is 1. The van der Waals surface area contributed by atoms with E-state index >= 15 is 0 Å². The second-order valence-electron chi connectivity index (χ2n) is 5.00. The molecule has 1 heterocycles. The van der Waals surface area contributed by atoms with E-state index < -0.39 is 0 Å². The van der Waals surface area contributed by atoms with E-state index in [4.69, 9.17) is 0 Å². The van der Waals surface area contributed by atoms with Gasteiger partial charge in [-0.2, -0.15) is 0 Å². The van der Waals surface area contributed by atoms with Crippen molar-refractivity contribution in [1.29, 1.82) is 0 Å². The summed E-state index contributed by atoms with van der Waals surface area (Å²) < 4.78 is 0. The van der Waals surface area contributed by atoms with Gasteiger partial charge in [-0.05, 0) is 29.5 Å². The number of likely N-dealkylation sites (N-methyl/N-ethyl adjacent to an activating group) is 1. The van der Waals surface area contributed by atoms with Gasteiger partial charge >= 0.3 is 0 Å². The van der Waals surface area contributed by atoms with E-state index in [1.54, 1.807) is 30.3 Å². The number of rotatable bonds is 5. The first kappa shape index (κ1) is 14.8. The highest BCUT2D eigenvalue weighted by Crippen LogP contribution is 2.25. The lowest BCUT2D eigenvalue weighted by Crippen LogP contribution is -2.40. The maximum atomic E-state index is 11.8. The maximum Gasteiger partial charge on any atom is 0.238 e. The molecule has 1 atom stereocenters. The molecule has 1 unspecified atom stereocenters. The van der Waals surface area contributed by atoms with Gasteiger partial charge in [0.05, 0.1) is 6.04 Å². The van der Waals surface area contributed by atoms with Crippen molar-refractivity contribution in [3.05, 3.63) is 46.7 Å². The summed E-state index contributed by atoms with van der Waals surface area (Å²) in [5.41, 5.74) is 2.46. The van der Waals surface area contributed by atoms with Crippen molar-refractivity contribution in [3.63, 3.8) is 0 Å². The van der Waals surface area contributed by atoms with E-state index in [0.717, 1.165) is 6.54 Å². The monoisotopic (exact) mass is 288 g/mol. The van der Waals surface area contributed by atoms with Gasteiger partial charge in [0.25, 0.3) is 0 Å². The molecule has 0 aliphatic rings. The minimum Gasteiger partial charge on any atom is -0.347 e. The van der Waals surface area contributed by atoms with Gasteiger partial charge in [-0.3, -0.25) is 4.79 Å². The first-order chi connectivity index (χ1) is 9.58. The van der Waals surface area contributed by atoms with Gasteiger partial charge in [0, 0.05) is 25.5 Å². The Labute approximate surface area is 124 Å². The van der Waals surface area contributed by atoms with Crippen LogP contribution in [0.5, 0.6) is 0 Å². The van der Waals surface area contributed by atoms with Crippen molar-refractivity contribution in [3.8, 4) is 11.1 Å². The quantitative estimate of drug-likeness (QED) is 0.917. The van der Waals surface area contributed by atoms with Gasteiger partial charge < -0.3 is 10.2 Å². The van der Waals surface area contributed by atoms with Crippen LogP contribution in [0.3, 0.4) is 0 Å². The second kappa shape index (κ2) is 6.68. The van der Waals surface area contributed by atoms with Crippen LogP contribution in [0.1, 0.15) is 11.8 Å². The number of thiophene rings is 1. The van der Waals surface area contributed by atoms with Crippen LogP contribution in [0.25, 0.3) is 11.1 Å². The zero-order valence-electron chi connectivity index (χ0n) is 12.1. The molecule has 4 heteroatoms. The number of hydrogen-bond donors (Lipinski definition) is 1. The Morgan fingerprint density at radius 2 is 1.95 bits per heavy atom. The van der Waals surface area contributed by atoms with Crippen LogP contribution in [-0.4, -0.2) is 30.9 Å². The topological polar surface area (TPSA) is 32.3 Å². The summed E-state index contributed by atoms with van der Waals surface area (Å²) >= 11 is 1.72. The number of carbonyl (C=O) groups is 1. The first-order valence-electron chi connectivity index (χ1n) is 6.65. The molecule has 1 amide bonds. The third-order valence-electron chi connectivity index (χ3n) is 3.15. The molecular weight excluding hydrogens is 268 g/mol. The largest absolute Gasteiger partial charge is 0.347 e. The van der Waals surface area contributed by atoms with Crippen molar-refractivity contribution in [2.75, 3.05) is 14.1 Å². The molecular formula is C16H20N2OS. The van der Waals surface area contributed by atoms with Gasteiger partial charge in [-0.1, -0.05) is 30.3 Å². The number of hydrogen-bond acceptors (Lipinski definition) is 3. The summed E-state index contributed by atoms with van der Waals surface area (Å²) in [5, 5.41) is 5.42. The molecule has 0 saturated heterocycles. The molecule has 0 spiro atoms. The van der Waals surface area contributed by atoms with Crippen LogP contribution < -0.4 is 5.32 Å². The third kappa shape index (κ3) is 3.68. The zero-order chi connectivity index (χ0) is 14.5. The normalized spacial score (nSPS) is 12.2. The molecule has 0 fully saturated rings. The van der Waals surface area contributed by atoms with Crippen molar-refractivity contribution in [2.24, 2.45) is 0 Å². The summed E-state index contributed by atoms with van der Waals surface area (Å²) in [7, 11) is 3.55. The average molecular weight is 288 g/mol. The van der Waals surface area contributed by atoms with Crippen molar-refractivity contribution in [2.45, 2.75) is 19.5 Å². The Hall–Kier alpha value is -1.65. The van der Waals surface area contributed by atoms with E-state index in [9.17, 15) is 4.79 Å². The predicted octanol–water partition coefficient (Wildman–Crippen LogP) is 2.98. The highest BCUT2D eigenvalue weighted by Gasteiger charge is 2.14. The number of carbonyl (C=O) groups excluding carboxylic acids is 1. The van der Waals surface area contributed by atoms with Crippen LogP contribution in [0.2, 0.25) is 0 Å². The summed E-state index contributed by atoms with van der Waals surface area (Å²) in [6.45, 7) is 2.62. The van der Waals surface area contributed by atoms with Crippen LogP contribution >= 0.6 is 11.3 Å². The molecule has 2 rings (SSSR count). The molecule has 1 aromatic carbocycles. The molecule has 0 bridgehead atoms. The molecule has 1 aromatic heterocycles. The number of benzene rings is 1. The lowest BCUT2D eigenvalue weighted by atomic mass is 10.1. The number of nitrogens with one attached hydrogen (secondary N) is 1. The second-order valence-corrected chi connectivity index (χ2v) is 6.00. The Morgan fingerprint density at radius 1 is 1.25 bits per heavy atom. The van der Waals surface area contributed by atoms with E-state index in [-0.39, 0.29) is 11.9 Å². The molecule has 0 aliphatic carbocycles. The van der Waals surface area contributed by atoms with E-state index in [1.807, 2.05) is 25.1 Å². The Morgan fingerprint density at radius 3 is 2.60 bits per heavy atom. The lowest BCUT2D eigenvalue weighted by Gasteiger charge is -2.17. The summed E-state index contributed by atoms with van der Waals surface area (Å²) in [6.07, 6.45) is 0. The van der Waals surface area contributed by atoms with E-state index in [2.05, 4.69) is 28.9 Å². The van der Waals surface area contributed by atoms with E-state index in [0.29, 0.717) is 0 Å². The first-order valence-corrected chi connectivity index (χ1v) is 7.53. The maximum absolute atomic E-state index is 11.8. The zero-order valence-corrected chi connectivity index (χ0v) is 12.9. The molecule has 0 radical (unpaired) electrons. The van der Waals surface area contributed by atoms with Crippen LogP contribution in [0.15, 0.2) is 41.8 Å². The fourth-order valence-corrected chi connectivity index (χ4v) is 2.83. The third-order valence-corrected chi connectivity index (χ3v) is 4.09. The highest BCUT2D eigenvalue weighted by molar-refractivity contribution is 7.10. The average Bonchev–Trinajstić information content (AvgIpc) is 2.93. The molecule has 0 saturated carbocycles. The molecule has 0 aliphatic heterocycles. The minimum atomic E-state index is -0.160. The lowest BCUT2D eigenvalue weighted by molar-refractivity contribution is -0.130. The van der Waals surface area contributed by atoms with Gasteiger partial charge in [-0.25, -0.2) is 0 Å². The van der Waals surface area contributed by atoms with Crippen molar-refractivity contribution >= 4 is 17.2 Å². The van der Waals surface area contributed by atoms with Crippen LogP contribution in [0.4, 0.5) is 0 Å². The van der Waals surface area contributed by atoms with Gasteiger partial charge in [0.2, 0.25) is 5.91 Å². The Bertz CT molecular complexity index is 563. The van der Waals surface area contributed by atoms with E-state index in [1.165, 1.54) is 16.0 Å². The molecule has 20 heavy (non-hydrogen) atoms. The van der Waals surface area contributed by atoms with Crippen molar-refractivity contribution in [1.82, 2.24) is 10.2 Å². The van der Waals surface area contributed by atoms with Gasteiger partial charge in [0.1, 0.15) is 0 Å². The standard InChI is InChI=1S/C16H20N2OS/c1-12(16(19)18(2)3)17-10-15-9-14(11-20-15)13-7-5-4-6-8-13/h4-9,11-12,17H,10H2,1-3H3. The molecule has 3 nitrogen and oxygen atoms in total. The highest BCUT2D eigenvalue weighted by atomic mass is 32.1.